The molecule has 1 nitrogen and oxygen atoms in total. The highest BCUT2D eigenvalue weighted by Gasteiger charge is 2.49. The van der Waals surface area contributed by atoms with Crippen molar-refractivity contribution in [1.82, 2.24) is 0 Å². The Kier molecular flexibility index (Phi) is 9.61. The molecule has 0 saturated carbocycles. The molecule has 9 aromatic rings. The Bertz CT molecular complexity index is 3420. The summed E-state index contributed by atoms with van der Waals surface area (Å²) in [5.41, 5.74) is 25.8. The molecule has 0 N–H and O–H groups in total. The summed E-state index contributed by atoms with van der Waals surface area (Å²) in [5, 5.41) is 0. The van der Waals surface area contributed by atoms with Crippen molar-refractivity contribution in [2.45, 2.75) is 57.8 Å². The minimum Gasteiger partial charge on any atom is -0.314 e. The fourth-order valence-corrected chi connectivity index (χ4v) is 12.3. The molecule has 12 rings (SSSR count). The molecule has 0 saturated heterocycles. The monoisotopic (exact) mass is 873 g/mol. The van der Waals surface area contributed by atoms with Gasteiger partial charge < -0.3 is 4.90 Å². The molecule has 1 heteroatoms. The Hall–Kier alpha value is -7.74. The molecule has 0 amide bonds. The van der Waals surface area contributed by atoms with Crippen molar-refractivity contribution in [2.24, 2.45) is 0 Å². The summed E-state index contributed by atoms with van der Waals surface area (Å²) < 4.78 is 0. The van der Waals surface area contributed by atoms with Gasteiger partial charge in [0, 0.05) is 27.8 Å². The second-order valence-corrected chi connectivity index (χ2v) is 20.1. The average Bonchev–Trinajstić information content (AvgIpc) is 3.90. The van der Waals surface area contributed by atoms with E-state index in [9.17, 15) is 0 Å². The molecule has 3 aliphatic carbocycles. The minimum atomic E-state index is -0.645. The highest BCUT2D eigenvalue weighted by atomic mass is 15.1. The first-order valence-electron chi connectivity index (χ1n) is 24.2. The maximum Gasteiger partial charge on any atom is 0.0714 e. The quantitative estimate of drug-likeness (QED) is 0.138. The van der Waals surface area contributed by atoms with Crippen LogP contribution in [0.5, 0.6) is 0 Å². The van der Waals surface area contributed by atoms with Gasteiger partial charge in [0.25, 0.3) is 0 Å². The third-order valence-corrected chi connectivity index (χ3v) is 15.7. The molecule has 3 aliphatic rings. The van der Waals surface area contributed by atoms with E-state index in [1.54, 1.807) is 0 Å². The molecule has 0 atom stereocenters. The molecule has 0 fully saturated rings. The summed E-state index contributed by atoms with van der Waals surface area (Å²) in [7, 11) is 0. The number of hydrogen-bond acceptors (Lipinski definition) is 1. The van der Waals surface area contributed by atoms with Gasteiger partial charge in [-0.25, -0.2) is 0 Å². The van der Waals surface area contributed by atoms with Gasteiger partial charge in [0.1, 0.15) is 0 Å². The first kappa shape index (κ1) is 41.7. The molecule has 0 radical (unpaired) electrons. The van der Waals surface area contributed by atoms with Crippen LogP contribution in [-0.4, -0.2) is 0 Å². The lowest BCUT2D eigenvalue weighted by Gasteiger charge is -2.37. The van der Waals surface area contributed by atoms with E-state index in [1.165, 1.54) is 100 Å². The standard InChI is InChI=1S/C67H55N/c1-44(46-21-9-7-10-22-46)33-34-45(2)68(64-32-20-16-25-51(64)47-23-11-8-12-24-47)50-37-40-57-54-28-15-19-31-60(54)67(63(57)43-50,48-35-38-55-52-26-13-17-29-58(52)65(3,4)61(55)41-48)49-36-39-56-53-27-14-18-30-59(53)66(5,6)62(56)42-49/h7-43H,1-6H3/b44-33+,45-34+. The molecule has 68 heavy (non-hydrogen) atoms. The fourth-order valence-electron chi connectivity index (χ4n) is 12.3. The van der Waals surface area contributed by atoms with E-state index in [1.807, 2.05) is 0 Å². The van der Waals surface area contributed by atoms with E-state index >= 15 is 0 Å². The number of allylic oxidation sites excluding steroid dienone is 4. The Labute approximate surface area is 402 Å². The van der Waals surface area contributed by atoms with Crippen molar-refractivity contribution in [2.75, 3.05) is 4.90 Å². The number of para-hydroxylation sites is 1. The van der Waals surface area contributed by atoms with Crippen LogP contribution in [0.3, 0.4) is 0 Å². The third-order valence-electron chi connectivity index (χ3n) is 15.7. The topological polar surface area (TPSA) is 3.24 Å². The van der Waals surface area contributed by atoms with Crippen LogP contribution in [0.25, 0.3) is 50.1 Å². The van der Waals surface area contributed by atoms with E-state index in [-0.39, 0.29) is 10.8 Å². The van der Waals surface area contributed by atoms with E-state index in [4.69, 9.17) is 0 Å². The van der Waals surface area contributed by atoms with Gasteiger partial charge in [0.05, 0.1) is 11.1 Å². The molecule has 0 unspecified atom stereocenters. The van der Waals surface area contributed by atoms with Crippen molar-refractivity contribution in [1.29, 1.82) is 0 Å². The minimum absolute atomic E-state index is 0.168. The zero-order chi connectivity index (χ0) is 46.4. The van der Waals surface area contributed by atoms with Gasteiger partial charge in [-0.3, -0.25) is 0 Å². The fraction of sp³-hybridized carbons (Fsp3) is 0.134. The van der Waals surface area contributed by atoms with Crippen molar-refractivity contribution in [3.8, 4) is 44.5 Å². The summed E-state index contributed by atoms with van der Waals surface area (Å²) in [6.07, 6.45) is 4.56. The van der Waals surface area contributed by atoms with E-state index < -0.39 is 5.41 Å². The van der Waals surface area contributed by atoms with Crippen molar-refractivity contribution in [3.05, 3.63) is 280 Å². The zero-order valence-corrected chi connectivity index (χ0v) is 39.8. The van der Waals surface area contributed by atoms with Crippen molar-refractivity contribution >= 4 is 16.9 Å². The number of hydrogen-bond donors (Lipinski definition) is 0. The van der Waals surface area contributed by atoms with Crippen molar-refractivity contribution in [3.63, 3.8) is 0 Å². The highest BCUT2D eigenvalue weighted by molar-refractivity contribution is 5.92. The van der Waals surface area contributed by atoms with Crippen LogP contribution in [0.4, 0.5) is 11.4 Å². The second kappa shape index (κ2) is 15.7. The number of benzene rings is 9. The van der Waals surface area contributed by atoms with E-state index in [2.05, 4.69) is 271 Å². The third kappa shape index (κ3) is 6.15. The Morgan fingerprint density at radius 1 is 0.368 bits per heavy atom. The van der Waals surface area contributed by atoms with E-state index in [0.29, 0.717) is 0 Å². The smallest absolute Gasteiger partial charge is 0.0714 e. The normalized spacial score (nSPS) is 15.4. The van der Waals surface area contributed by atoms with Crippen LogP contribution in [-0.2, 0) is 16.2 Å². The first-order valence-corrected chi connectivity index (χ1v) is 24.2. The summed E-state index contributed by atoms with van der Waals surface area (Å²) in [4.78, 5) is 2.48. The molecule has 9 aromatic carbocycles. The zero-order valence-electron chi connectivity index (χ0n) is 39.8. The van der Waals surface area contributed by atoms with Crippen LogP contribution >= 0.6 is 0 Å². The summed E-state index contributed by atoms with van der Waals surface area (Å²) >= 11 is 0. The number of anilines is 2. The average molecular weight is 874 g/mol. The summed E-state index contributed by atoms with van der Waals surface area (Å²) in [6.45, 7) is 14.1. The predicted octanol–water partition coefficient (Wildman–Crippen LogP) is 17.5. The van der Waals surface area contributed by atoms with Gasteiger partial charge in [-0.15, -0.1) is 0 Å². The molecule has 0 aliphatic heterocycles. The van der Waals surface area contributed by atoms with Gasteiger partial charge in [-0.1, -0.05) is 228 Å². The molecule has 0 aromatic heterocycles. The van der Waals surface area contributed by atoms with Crippen LogP contribution in [0, 0.1) is 0 Å². The van der Waals surface area contributed by atoms with Gasteiger partial charge >= 0.3 is 0 Å². The predicted molar refractivity (Wildman–Crippen MR) is 287 cm³/mol. The highest BCUT2D eigenvalue weighted by Crippen LogP contribution is 2.60. The molecule has 328 valence electrons. The van der Waals surface area contributed by atoms with Gasteiger partial charge in [0.15, 0.2) is 0 Å². The Morgan fingerprint density at radius 3 is 1.40 bits per heavy atom. The SMILES string of the molecule is C/C(=C\C=C(/C)N(c1ccc2c(c1)C(c1ccc3c(c1)C(C)(C)c1ccccc1-3)(c1ccc3c(c1)C(C)(C)c1ccccc1-3)c1ccccc1-2)c1ccccc1-c1ccccc1)c1ccccc1. The Balaban J connectivity index is 1.14. The van der Waals surface area contributed by atoms with Crippen LogP contribution < -0.4 is 4.90 Å². The Morgan fingerprint density at radius 2 is 0.809 bits per heavy atom. The number of nitrogens with zero attached hydrogens (tertiary/aromatic N) is 1. The molecule has 0 spiro atoms. The lowest BCUT2D eigenvalue weighted by molar-refractivity contribution is 0.651. The van der Waals surface area contributed by atoms with Gasteiger partial charge in [0.2, 0.25) is 0 Å². The van der Waals surface area contributed by atoms with Gasteiger partial charge in [-0.2, -0.15) is 0 Å². The second-order valence-electron chi connectivity index (χ2n) is 20.1. The van der Waals surface area contributed by atoms with Crippen LogP contribution in [0.1, 0.15) is 91.6 Å². The summed E-state index contributed by atoms with van der Waals surface area (Å²) in [5.74, 6) is 0. The molecule has 0 heterocycles. The van der Waals surface area contributed by atoms with Gasteiger partial charge in [-0.05, 0) is 133 Å². The van der Waals surface area contributed by atoms with Crippen LogP contribution in [0.15, 0.2) is 230 Å². The largest absolute Gasteiger partial charge is 0.314 e. The van der Waals surface area contributed by atoms with E-state index in [0.717, 1.165) is 17.1 Å². The van der Waals surface area contributed by atoms with Crippen molar-refractivity contribution < 1.29 is 0 Å². The first-order chi connectivity index (χ1) is 33.1. The lowest BCUT2D eigenvalue weighted by atomic mass is 9.65. The molecule has 0 bridgehead atoms. The molecular formula is C67H55N. The number of fused-ring (bicyclic) bond motifs is 9. The number of rotatable bonds is 8. The molecular weight excluding hydrogens is 819 g/mol. The maximum atomic E-state index is 2.58. The lowest BCUT2D eigenvalue weighted by Crippen LogP contribution is -2.30. The summed E-state index contributed by atoms with van der Waals surface area (Å²) in [6, 6.07) is 79.8. The van der Waals surface area contributed by atoms with Crippen LogP contribution in [0.2, 0.25) is 0 Å². The maximum absolute atomic E-state index is 2.58.